The summed E-state index contributed by atoms with van der Waals surface area (Å²) in [6.07, 6.45) is 0. The summed E-state index contributed by atoms with van der Waals surface area (Å²) in [5.74, 6) is 1.63. The molecule has 12 heavy (non-hydrogen) atoms. The summed E-state index contributed by atoms with van der Waals surface area (Å²) >= 11 is 0. The number of hydrogen-bond donors (Lipinski definition) is 2. The van der Waals surface area contributed by atoms with E-state index in [4.69, 9.17) is 10.2 Å². The van der Waals surface area contributed by atoms with Crippen LogP contribution in [-0.4, -0.2) is 23.3 Å². The van der Waals surface area contributed by atoms with Crippen LogP contribution >= 0.6 is 0 Å². The molecule has 2 heterocycles. The van der Waals surface area contributed by atoms with Crippen LogP contribution in [0.2, 0.25) is 0 Å². The first-order valence-corrected chi connectivity index (χ1v) is 4.07. The lowest BCUT2D eigenvalue weighted by atomic mass is 10.0. The van der Waals surface area contributed by atoms with E-state index in [1.54, 1.807) is 0 Å². The lowest BCUT2D eigenvalue weighted by Crippen LogP contribution is -2.40. The van der Waals surface area contributed by atoms with Crippen LogP contribution in [0, 0.1) is 0 Å². The van der Waals surface area contributed by atoms with Gasteiger partial charge in [0, 0.05) is 13.1 Å². The summed E-state index contributed by atoms with van der Waals surface area (Å²) < 4.78 is 5.36. The molecule has 0 saturated carbocycles. The maximum Gasteiger partial charge on any atom is 0.232 e. The highest BCUT2D eigenvalue weighted by Gasteiger charge is 2.25. The van der Waals surface area contributed by atoms with E-state index in [1.165, 1.54) is 0 Å². The molecular formula is C7H12N4O. The predicted molar refractivity (Wildman–Crippen MR) is 42.5 cm³/mol. The quantitative estimate of drug-likeness (QED) is 0.638. The summed E-state index contributed by atoms with van der Waals surface area (Å²) in [6.45, 7) is 3.69. The molecule has 0 bridgehead atoms. The maximum atomic E-state index is 5.57. The van der Waals surface area contributed by atoms with Gasteiger partial charge in [0.05, 0.1) is 12.0 Å². The van der Waals surface area contributed by atoms with Crippen LogP contribution in [0.5, 0.6) is 0 Å². The molecule has 0 amide bonds. The van der Waals surface area contributed by atoms with Crippen molar-refractivity contribution >= 4 is 0 Å². The van der Waals surface area contributed by atoms with Crippen LogP contribution in [0.4, 0.5) is 0 Å². The van der Waals surface area contributed by atoms with Crippen molar-refractivity contribution in [2.24, 2.45) is 5.73 Å². The van der Waals surface area contributed by atoms with E-state index < -0.39 is 0 Å². The van der Waals surface area contributed by atoms with Crippen molar-refractivity contribution < 1.29 is 4.42 Å². The molecule has 0 aromatic carbocycles. The van der Waals surface area contributed by atoms with Crippen LogP contribution in [0.3, 0.4) is 0 Å². The van der Waals surface area contributed by atoms with Crippen molar-refractivity contribution in [2.45, 2.75) is 18.9 Å². The molecule has 1 atom stereocenters. The van der Waals surface area contributed by atoms with E-state index in [-0.39, 0.29) is 6.04 Å². The minimum Gasteiger partial charge on any atom is -0.423 e. The molecule has 66 valence electrons. The van der Waals surface area contributed by atoms with Crippen molar-refractivity contribution in [1.82, 2.24) is 15.5 Å². The second-order valence-electron chi connectivity index (χ2n) is 3.12. The second-order valence-corrected chi connectivity index (χ2v) is 3.12. The van der Waals surface area contributed by atoms with Crippen molar-refractivity contribution in [2.75, 3.05) is 13.1 Å². The molecule has 5 nitrogen and oxygen atoms in total. The topological polar surface area (TPSA) is 77.0 Å². The zero-order chi connectivity index (χ0) is 8.55. The Balaban J connectivity index is 2.12. The van der Waals surface area contributed by atoms with Gasteiger partial charge in [0.25, 0.3) is 0 Å². The molecule has 0 spiro atoms. The maximum absolute atomic E-state index is 5.57. The van der Waals surface area contributed by atoms with Gasteiger partial charge in [-0.15, -0.1) is 10.2 Å². The molecule has 1 aromatic rings. The molecule has 3 N–H and O–H groups in total. The van der Waals surface area contributed by atoms with E-state index in [1.807, 2.05) is 6.92 Å². The largest absolute Gasteiger partial charge is 0.423 e. The smallest absolute Gasteiger partial charge is 0.232 e. The Morgan fingerprint density at radius 1 is 1.58 bits per heavy atom. The van der Waals surface area contributed by atoms with Gasteiger partial charge >= 0.3 is 0 Å². The predicted octanol–water partition coefficient (Wildman–Crippen LogP) is -0.224. The first-order chi connectivity index (χ1) is 5.77. The van der Waals surface area contributed by atoms with E-state index in [0.717, 1.165) is 13.1 Å². The van der Waals surface area contributed by atoms with E-state index in [2.05, 4.69) is 15.5 Å². The van der Waals surface area contributed by atoms with Crippen LogP contribution in [0.1, 0.15) is 30.7 Å². The third kappa shape index (κ3) is 1.21. The van der Waals surface area contributed by atoms with Gasteiger partial charge in [0.15, 0.2) is 0 Å². The molecule has 1 aromatic heterocycles. The third-order valence-corrected chi connectivity index (χ3v) is 1.98. The molecule has 1 aliphatic rings. The average Bonchev–Trinajstić information content (AvgIpc) is 2.32. The Hall–Kier alpha value is -0.940. The zero-order valence-corrected chi connectivity index (χ0v) is 6.95. The van der Waals surface area contributed by atoms with Gasteiger partial charge in [-0.05, 0) is 6.92 Å². The van der Waals surface area contributed by atoms with E-state index in [9.17, 15) is 0 Å². The molecular weight excluding hydrogens is 156 g/mol. The van der Waals surface area contributed by atoms with Crippen LogP contribution in [0.15, 0.2) is 4.42 Å². The number of aromatic nitrogens is 2. The lowest BCUT2D eigenvalue weighted by Gasteiger charge is -2.22. The highest BCUT2D eigenvalue weighted by molar-refractivity contribution is 5.00. The highest BCUT2D eigenvalue weighted by atomic mass is 16.4. The van der Waals surface area contributed by atoms with Gasteiger partial charge in [-0.3, -0.25) is 0 Å². The SMILES string of the molecule is CC(N)c1nnc(C2CNC2)o1. The monoisotopic (exact) mass is 168 g/mol. The highest BCUT2D eigenvalue weighted by Crippen LogP contribution is 2.19. The van der Waals surface area contributed by atoms with Gasteiger partial charge in [0.1, 0.15) is 0 Å². The first-order valence-electron chi connectivity index (χ1n) is 4.07. The molecule has 1 fully saturated rings. The average molecular weight is 168 g/mol. The molecule has 0 radical (unpaired) electrons. The molecule has 5 heteroatoms. The minimum atomic E-state index is -0.167. The fourth-order valence-electron chi connectivity index (χ4n) is 1.06. The number of nitrogens with two attached hydrogens (primary N) is 1. The summed E-state index contributed by atoms with van der Waals surface area (Å²) in [6, 6.07) is -0.167. The Kier molecular flexibility index (Phi) is 1.82. The Morgan fingerprint density at radius 3 is 2.75 bits per heavy atom. The van der Waals surface area contributed by atoms with Crippen LogP contribution in [-0.2, 0) is 0 Å². The second kappa shape index (κ2) is 2.84. The molecule has 2 rings (SSSR count). The van der Waals surface area contributed by atoms with Crippen LogP contribution < -0.4 is 11.1 Å². The van der Waals surface area contributed by atoms with Gasteiger partial charge in [0.2, 0.25) is 11.8 Å². The number of rotatable bonds is 2. The molecule has 1 unspecified atom stereocenters. The summed E-state index contributed by atoms with van der Waals surface area (Å²) in [7, 11) is 0. The standard InChI is InChI=1S/C7H12N4O/c1-4(8)6-10-11-7(12-6)5-2-9-3-5/h4-5,9H,2-3,8H2,1H3. The lowest BCUT2D eigenvalue weighted by molar-refractivity contribution is 0.338. The fourth-order valence-corrected chi connectivity index (χ4v) is 1.06. The van der Waals surface area contributed by atoms with E-state index in [0.29, 0.717) is 17.7 Å². The fraction of sp³-hybridized carbons (Fsp3) is 0.714. The van der Waals surface area contributed by atoms with Crippen molar-refractivity contribution in [3.8, 4) is 0 Å². The molecule has 1 saturated heterocycles. The van der Waals surface area contributed by atoms with Gasteiger partial charge in [-0.2, -0.15) is 0 Å². The number of nitrogens with one attached hydrogen (secondary N) is 1. The Bertz CT molecular complexity index is 266. The summed E-state index contributed by atoms with van der Waals surface area (Å²) in [5, 5.41) is 10.9. The van der Waals surface area contributed by atoms with Gasteiger partial charge in [-0.1, -0.05) is 0 Å². The third-order valence-electron chi connectivity index (χ3n) is 1.98. The molecule has 0 aliphatic carbocycles. The molecule has 1 aliphatic heterocycles. The number of nitrogens with zero attached hydrogens (tertiary/aromatic N) is 2. The minimum absolute atomic E-state index is 0.167. The Labute approximate surface area is 70.3 Å². The Morgan fingerprint density at radius 2 is 2.33 bits per heavy atom. The van der Waals surface area contributed by atoms with Crippen molar-refractivity contribution in [3.63, 3.8) is 0 Å². The van der Waals surface area contributed by atoms with Crippen molar-refractivity contribution in [3.05, 3.63) is 11.8 Å². The first kappa shape index (κ1) is 7.70. The van der Waals surface area contributed by atoms with Crippen LogP contribution in [0.25, 0.3) is 0 Å². The summed E-state index contributed by atoms with van der Waals surface area (Å²) in [5.41, 5.74) is 5.57. The zero-order valence-electron chi connectivity index (χ0n) is 6.95. The van der Waals surface area contributed by atoms with Gasteiger partial charge in [-0.25, -0.2) is 0 Å². The van der Waals surface area contributed by atoms with E-state index >= 15 is 0 Å². The normalized spacial score (nSPS) is 20.5. The number of hydrogen-bond acceptors (Lipinski definition) is 5. The van der Waals surface area contributed by atoms with Crippen molar-refractivity contribution in [1.29, 1.82) is 0 Å². The summed E-state index contributed by atoms with van der Waals surface area (Å²) in [4.78, 5) is 0. The van der Waals surface area contributed by atoms with Gasteiger partial charge < -0.3 is 15.5 Å².